The SMILES string of the molecule is CCCCSc1nc2n(n1)C(c1ccccc1OC)C(C(=O)OC)=C(C)N2. The molecular formula is C19H24N4O3S. The third-order valence-electron chi connectivity index (χ3n) is 4.40. The second kappa shape index (κ2) is 8.47. The van der Waals surface area contributed by atoms with Gasteiger partial charge >= 0.3 is 5.97 Å². The molecule has 0 saturated carbocycles. The third-order valence-corrected chi connectivity index (χ3v) is 5.32. The molecule has 0 radical (unpaired) electrons. The Bertz CT molecular complexity index is 862. The van der Waals surface area contributed by atoms with Crippen LogP contribution in [0.1, 0.15) is 38.3 Å². The van der Waals surface area contributed by atoms with E-state index in [1.54, 1.807) is 23.6 Å². The lowest BCUT2D eigenvalue weighted by molar-refractivity contribution is -0.136. The number of nitrogens with zero attached hydrogens (tertiary/aromatic N) is 3. The van der Waals surface area contributed by atoms with E-state index in [0.29, 0.717) is 28.1 Å². The Morgan fingerprint density at radius 2 is 2.11 bits per heavy atom. The lowest BCUT2D eigenvalue weighted by atomic mass is 9.95. The van der Waals surface area contributed by atoms with Gasteiger partial charge in [-0.2, -0.15) is 4.98 Å². The molecule has 0 amide bonds. The van der Waals surface area contributed by atoms with Crippen molar-refractivity contribution in [2.24, 2.45) is 0 Å². The number of ether oxygens (including phenoxy) is 2. The average molecular weight is 388 g/mol. The predicted octanol–water partition coefficient (Wildman–Crippen LogP) is 3.64. The van der Waals surface area contributed by atoms with Crippen LogP contribution < -0.4 is 10.1 Å². The maximum atomic E-state index is 12.6. The fourth-order valence-electron chi connectivity index (χ4n) is 3.05. The average Bonchev–Trinajstić information content (AvgIpc) is 3.08. The zero-order valence-electron chi connectivity index (χ0n) is 16.0. The van der Waals surface area contributed by atoms with Crippen LogP contribution in [0.5, 0.6) is 5.75 Å². The third kappa shape index (κ3) is 3.80. The molecule has 144 valence electrons. The van der Waals surface area contributed by atoms with Crippen LogP contribution in [0.2, 0.25) is 0 Å². The van der Waals surface area contributed by atoms with Crippen molar-refractivity contribution in [3.63, 3.8) is 0 Å². The molecule has 0 spiro atoms. The van der Waals surface area contributed by atoms with Crippen molar-refractivity contribution in [2.45, 2.75) is 37.9 Å². The molecule has 1 aromatic carbocycles. The van der Waals surface area contributed by atoms with Crippen molar-refractivity contribution in [2.75, 3.05) is 25.3 Å². The number of carbonyl (C=O) groups excluding carboxylic acids is 1. The second-order valence-corrected chi connectivity index (χ2v) is 7.23. The molecule has 1 N–H and O–H groups in total. The Morgan fingerprint density at radius 1 is 1.33 bits per heavy atom. The maximum Gasteiger partial charge on any atom is 0.338 e. The topological polar surface area (TPSA) is 78.3 Å². The summed E-state index contributed by atoms with van der Waals surface area (Å²) in [6, 6.07) is 7.14. The van der Waals surface area contributed by atoms with Gasteiger partial charge in [0, 0.05) is 17.0 Å². The molecule has 1 aromatic heterocycles. The van der Waals surface area contributed by atoms with Crippen molar-refractivity contribution < 1.29 is 14.3 Å². The van der Waals surface area contributed by atoms with Gasteiger partial charge in [-0.3, -0.25) is 0 Å². The maximum absolute atomic E-state index is 12.6. The zero-order valence-corrected chi connectivity index (χ0v) is 16.8. The van der Waals surface area contributed by atoms with Gasteiger partial charge in [0.25, 0.3) is 0 Å². The number of anilines is 1. The van der Waals surface area contributed by atoms with Gasteiger partial charge in [-0.25, -0.2) is 9.48 Å². The number of fused-ring (bicyclic) bond motifs is 1. The van der Waals surface area contributed by atoms with E-state index in [4.69, 9.17) is 9.47 Å². The Labute approximate surface area is 163 Å². The molecule has 1 atom stereocenters. The number of aromatic nitrogens is 3. The summed E-state index contributed by atoms with van der Waals surface area (Å²) in [5.74, 6) is 1.84. The number of nitrogens with one attached hydrogen (secondary N) is 1. The lowest BCUT2D eigenvalue weighted by Gasteiger charge is -2.28. The number of methoxy groups -OCH3 is 2. The smallest absolute Gasteiger partial charge is 0.338 e. The molecule has 0 aliphatic carbocycles. The highest BCUT2D eigenvalue weighted by Crippen LogP contribution is 2.39. The Balaban J connectivity index is 2.10. The van der Waals surface area contributed by atoms with Crippen LogP contribution in [-0.4, -0.2) is 40.7 Å². The molecule has 1 aliphatic heterocycles. The van der Waals surface area contributed by atoms with Crippen molar-refractivity contribution in [1.82, 2.24) is 14.8 Å². The quantitative estimate of drug-likeness (QED) is 0.441. The second-order valence-electron chi connectivity index (χ2n) is 6.16. The molecule has 0 saturated heterocycles. The number of benzene rings is 1. The molecular weight excluding hydrogens is 364 g/mol. The van der Waals surface area contributed by atoms with Crippen LogP contribution in [0.15, 0.2) is 40.7 Å². The highest BCUT2D eigenvalue weighted by atomic mass is 32.2. The Kier molecular flexibility index (Phi) is 6.05. The summed E-state index contributed by atoms with van der Waals surface area (Å²) in [5.41, 5.74) is 2.02. The standard InChI is InChI=1S/C19H24N4O3S/c1-5-6-11-27-19-21-18-20-12(2)15(17(24)26-4)16(23(18)22-19)13-9-7-8-10-14(13)25-3/h7-10,16H,5-6,11H2,1-4H3,(H,20,21,22). The van der Waals surface area contributed by atoms with E-state index in [1.165, 1.54) is 7.11 Å². The molecule has 27 heavy (non-hydrogen) atoms. The molecule has 3 rings (SSSR count). The molecule has 0 fully saturated rings. The number of unbranched alkanes of at least 4 members (excludes halogenated alkanes) is 1. The summed E-state index contributed by atoms with van der Waals surface area (Å²) in [7, 11) is 2.99. The summed E-state index contributed by atoms with van der Waals surface area (Å²) in [4.78, 5) is 17.2. The summed E-state index contributed by atoms with van der Waals surface area (Å²) in [5, 5.41) is 8.54. The first kappa shape index (κ1) is 19.3. The Hall–Kier alpha value is -2.48. The van der Waals surface area contributed by atoms with Crippen LogP contribution in [0.4, 0.5) is 5.95 Å². The number of para-hydroxylation sites is 1. The molecule has 1 unspecified atom stereocenters. The molecule has 8 heteroatoms. The van der Waals surface area contributed by atoms with Crippen molar-refractivity contribution >= 4 is 23.7 Å². The highest BCUT2D eigenvalue weighted by molar-refractivity contribution is 7.99. The van der Waals surface area contributed by atoms with Crippen molar-refractivity contribution in [1.29, 1.82) is 0 Å². The number of rotatable bonds is 7. The van der Waals surface area contributed by atoms with E-state index in [9.17, 15) is 4.79 Å². The van der Waals surface area contributed by atoms with Crippen LogP contribution >= 0.6 is 11.8 Å². The van der Waals surface area contributed by atoms with Gasteiger partial charge < -0.3 is 14.8 Å². The van der Waals surface area contributed by atoms with Crippen LogP contribution in [0.25, 0.3) is 0 Å². The number of hydrogen-bond acceptors (Lipinski definition) is 7. The van der Waals surface area contributed by atoms with Gasteiger partial charge in [0.1, 0.15) is 11.8 Å². The lowest BCUT2D eigenvalue weighted by Crippen LogP contribution is -2.29. The molecule has 2 heterocycles. The number of allylic oxidation sites excluding steroid dienone is 1. The molecule has 0 bridgehead atoms. The van der Waals surface area contributed by atoms with E-state index in [2.05, 4.69) is 22.3 Å². The minimum atomic E-state index is -0.474. The van der Waals surface area contributed by atoms with E-state index in [1.807, 2.05) is 31.2 Å². The van der Waals surface area contributed by atoms with Crippen LogP contribution in [0, 0.1) is 0 Å². The molecule has 1 aliphatic rings. The largest absolute Gasteiger partial charge is 0.496 e. The predicted molar refractivity (Wildman–Crippen MR) is 105 cm³/mol. The summed E-state index contributed by atoms with van der Waals surface area (Å²) < 4.78 is 12.3. The van der Waals surface area contributed by atoms with Gasteiger partial charge in [-0.1, -0.05) is 43.3 Å². The van der Waals surface area contributed by atoms with Crippen molar-refractivity contribution in [3.8, 4) is 5.75 Å². The number of carbonyl (C=O) groups is 1. The number of thioether (sulfide) groups is 1. The monoisotopic (exact) mass is 388 g/mol. The fraction of sp³-hybridized carbons (Fsp3) is 0.421. The van der Waals surface area contributed by atoms with E-state index in [-0.39, 0.29) is 0 Å². The van der Waals surface area contributed by atoms with Gasteiger partial charge in [0.2, 0.25) is 11.1 Å². The Morgan fingerprint density at radius 3 is 2.81 bits per heavy atom. The van der Waals surface area contributed by atoms with E-state index >= 15 is 0 Å². The normalized spacial score (nSPS) is 15.9. The molecule has 2 aromatic rings. The number of hydrogen-bond donors (Lipinski definition) is 1. The fourth-order valence-corrected chi connectivity index (χ4v) is 3.97. The van der Waals surface area contributed by atoms with Gasteiger partial charge in [-0.05, 0) is 19.4 Å². The first-order chi connectivity index (χ1) is 13.1. The molecule has 7 nitrogen and oxygen atoms in total. The summed E-state index contributed by atoms with van der Waals surface area (Å²) in [6.07, 6.45) is 2.22. The van der Waals surface area contributed by atoms with Gasteiger partial charge in [0.05, 0.1) is 19.8 Å². The van der Waals surface area contributed by atoms with E-state index in [0.717, 1.165) is 24.2 Å². The highest BCUT2D eigenvalue weighted by Gasteiger charge is 2.36. The first-order valence-corrected chi connectivity index (χ1v) is 9.87. The number of esters is 1. The van der Waals surface area contributed by atoms with E-state index < -0.39 is 12.0 Å². The summed E-state index contributed by atoms with van der Waals surface area (Å²) >= 11 is 1.61. The van der Waals surface area contributed by atoms with Crippen molar-refractivity contribution in [3.05, 3.63) is 41.1 Å². The van der Waals surface area contributed by atoms with Gasteiger partial charge in [-0.15, -0.1) is 5.10 Å². The minimum Gasteiger partial charge on any atom is -0.496 e. The minimum absolute atomic E-state index is 0.405. The summed E-state index contributed by atoms with van der Waals surface area (Å²) in [6.45, 7) is 4.00. The van der Waals surface area contributed by atoms with Crippen LogP contribution in [-0.2, 0) is 9.53 Å². The zero-order chi connectivity index (χ0) is 19.4. The van der Waals surface area contributed by atoms with Gasteiger partial charge in [0.15, 0.2) is 0 Å². The van der Waals surface area contributed by atoms with Crippen LogP contribution in [0.3, 0.4) is 0 Å². The first-order valence-electron chi connectivity index (χ1n) is 8.89.